The molecule has 4 heteroatoms. The van der Waals surface area contributed by atoms with E-state index in [0.29, 0.717) is 0 Å². The maximum atomic E-state index is 12.6. The zero-order valence-corrected chi connectivity index (χ0v) is 6.91. The smallest absolute Gasteiger partial charge is 0.206 e. The minimum absolute atomic E-state index is 0.157. The molecule has 0 N–H and O–H groups in total. The molecule has 1 aromatic carbocycles. The molecule has 0 fully saturated rings. The van der Waals surface area contributed by atoms with E-state index < -0.39 is 12.2 Å². The third-order valence-electron chi connectivity index (χ3n) is 1.22. The van der Waals surface area contributed by atoms with Gasteiger partial charge in [0.05, 0.1) is 4.47 Å². The summed E-state index contributed by atoms with van der Waals surface area (Å²) in [4.78, 5) is 0. The summed E-state index contributed by atoms with van der Waals surface area (Å²) in [7, 11) is 0. The van der Waals surface area contributed by atoms with Crippen LogP contribution < -0.4 is 0 Å². The Morgan fingerprint density at radius 3 is 2.36 bits per heavy atom. The Bertz CT molecular complexity index is 260. The topological polar surface area (TPSA) is 0 Å². The number of rotatable bonds is 1. The Hall–Kier alpha value is -0.510. The van der Waals surface area contributed by atoms with Crippen molar-refractivity contribution < 1.29 is 13.2 Å². The molecule has 0 aliphatic carbocycles. The van der Waals surface area contributed by atoms with E-state index in [2.05, 4.69) is 15.9 Å². The van der Waals surface area contributed by atoms with Crippen LogP contribution in [0.3, 0.4) is 0 Å². The van der Waals surface area contributed by atoms with Crippen LogP contribution in [0.1, 0.15) is 12.0 Å². The molecule has 0 nitrogen and oxygen atoms in total. The van der Waals surface area contributed by atoms with E-state index in [-0.39, 0.29) is 10.0 Å². The molecule has 60 valence electrons. The standard InChI is InChI=1S/C7H4BrF3/c8-6-4(7(10)11)2-1-3-5(6)9/h1-3,7H. The van der Waals surface area contributed by atoms with Gasteiger partial charge in [-0.15, -0.1) is 0 Å². The Morgan fingerprint density at radius 2 is 1.91 bits per heavy atom. The Labute approximate surface area is 70.2 Å². The van der Waals surface area contributed by atoms with Crippen molar-refractivity contribution in [3.8, 4) is 0 Å². The SMILES string of the molecule is Fc1cccc(C(F)F)c1Br. The van der Waals surface area contributed by atoms with Gasteiger partial charge in [0.2, 0.25) is 0 Å². The summed E-state index contributed by atoms with van der Waals surface area (Å²) < 4.78 is 36.4. The van der Waals surface area contributed by atoms with E-state index >= 15 is 0 Å². The molecule has 0 heterocycles. The van der Waals surface area contributed by atoms with Crippen LogP contribution in [-0.2, 0) is 0 Å². The largest absolute Gasteiger partial charge is 0.265 e. The minimum atomic E-state index is -2.64. The molecule has 0 bridgehead atoms. The highest BCUT2D eigenvalue weighted by atomic mass is 79.9. The van der Waals surface area contributed by atoms with E-state index in [0.717, 1.165) is 6.07 Å². The van der Waals surface area contributed by atoms with Crippen molar-refractivity contribution >= 4 is 15.9 Å². The predicted octanol–water partition coefficient (Wildman–Crippen LogP) is 3.53. The first-order valence-electron chi connectivity index (χ1n) is 2.85. The average molecular weight is 225 g/mol. The van der Waals surface area contributed by atoms with Crippen LogP contribution in [0.15, 0.2) is 22.7 Å². The lowest BCUT2D eigenvalue weighted by molar-refractivity contribution is 0.150. The van der Waals surface area contributed by atoms with Gasteiger partial charge in [0.1, 0.15) is 5.82 Å². The molecule has 1 aromatic rings. The van der Waals surface area contributed by atoms with Gasteiger partial charge in [-0.25, -0.2) is 13.2 Å². The second-order valence-corrected chi connectivity index (χ2v) is 2.74. The maximum Gasteiger partial charge on any atom is 0.265 e. The minimum Gasteiger partial charge on any atom is -0.206 e. The molecule has 0 aliphatic heterocycles. The third-order valence-corrected chi connectivity index (χ3v) is 2.05. The van der Waals surface area contributed by atoms with E-state index in [1.165, 1.54) is 12.1 Å². The van der Waals surface area contributed by atoms with Gasteiger partial charge >= 0.3 is 0 Å². The highest BCUT2D eigenvalue weighted by molar-refractivity contribution is 9.10. The number of benzene rings is 1. The van der Waals surface area contributed by atoms with Crippen molar-refractivity contribution in [2.24, 2.45) is 0 Å². The molecular weight excluding hydrogens is 221 g/mol. The summed E-state index contributed by atoms with van der Waals surface area (Å²) in [5.74, 6) is -0.664. The highest BCUT2D eigenvalue weighted by Gasteiger charge is 2.13. The van der Waals surface area contributed by atoms with Crippen LogP contribution in [0.5, 0.6) is 0 Å². The molecule has 0 unspecified atom stereocenters. The molecule has 0 radical (unpaired) electrons. The Morgan fingerprint density at radius 1 is 1.27 bits per heavy atom. The lowest BCUT2D eigenvalue weighted by Crippen LogP contribution is -1.88. The summed E-state index contributed by atoms with van der Waals surface area (Å²) in [5, 5.41) is 0. The third kappa shape index (κ3) is 1.74. The second kappa shape index (κ2) is 3.26. The van der Waals surface area contributed by atoms with Crippen molar-refractivity contribution in [1.82, 2.24) is 0 Å². The summed E-state index contributed by atoms with van der Waals surface area (Å²) in [6.07, 6.45) is -2.64. The fourth-order valence-electron chi connectivity index (χ4n) is 0.689. The second-order valence-electron chi connectivity index (χ2n) is 1.94. The van der Waals surface area contributed by atoms with Gasteiger partial charge in [-0.3, -0.25) is 0 Å². The van der Waals surface area contributed by atoms with Crippen molar-refractivity contribution in [2.75, 3.05) is 0 Å². The van der Waals surface area contributed by atoms with Crippen LogP contribution in [0, 0.1) is 5.82 Å². The number of hydrogen-bond acceptors (Lipinski definition) is 0. The molecule has 0 spiro atoms. The summed E-state index contributed by atoms with van der Waals surface area (Å²) in [5.41, 5.74) is -0.315. The van der Waals surface area contributed by atoms with Crippen molar-refractivity contribution in [1.29, 1.82) is 0 Å². The van der Waals surface area contributed by atoms with Crippen molar-refractivity contribution in [2.45, 2.75) is 6.43 Å². The summed E-state index contributed by atoms with van der Waals surface area (Å²) in [6.45, 7) is 0. The molecule has 11 heavy (non-hydrogen) atoms. The first-order valence-corrected chi connectivity index (χ1v) is 3.64. The maximum absolute atomic E-state index is 12.6. The molecule has 0 aliphatic rings. The quantitative estimate of drug-likeness (QED) is 0.685. The van der Waals surface area contributed by atoms with Gasteiger partial charge < -0.3 is 0 Å². The lowest BCUT2D eigenvalue weighted by Gasteiger charge is -2.02. The molecular formula is C7H4BrF3. The number of hydrogen-bond donors (Lipinski definition) is 0. The van der Waals surface area contributed by atoms with Gasteiger partial charge in [-0.2, -0.15) is 0 Å². The van der Waals surface area contributed by atoms with Gasteiger partial charge in [-0.1, -0.05) is 12.1 Å². The average Bonchev–Trinajstić information content (AvgIpc) is 1.94. The van der Waals surface area contributed by atoms with E-state index in [1.54, 1.807) is 0 Å². The van der Waals surface area contributed by atoms with Gasteiger partial charge in [0.25, 0.3) is 6.43 Å². The lowest BCUT2D eigenvalue weighted by atomic mass is 10.2. The number of alkyl halides is 2. The molecule has 1 rings (SSSR count). The van der Waals surface area contributed by atoms with Crippen molar-refractivity contribution in [3.05, 3.63) is 34.1 Å². The molecule has 0 saturated carbocycles. The van der Waals surface area contributed by atoms with Gasteiger partial charge in [0, 0.05) is 5.56 Å². The normalized spacial score (nSPS) is 10.6. The van der Waals surface area contributed by atoms with Crippen LogP contribution in [0.4, 0.5) is 13.2 Å². The van der Waals surface area contributed by atoms with Crippen molar-refractivity contribution in [3.63, 3.8) is 0 Å². The predicted molar refractivity (Wildman–Crippen MR) is 39.1 cm³/mol. The summed E-state index contributed by atoms with van der Waals surface area (Å²) in [6, 6.07) is 3.55. The van der Waals surface area contributed by atoms with E-state index in [9.17, 15) is 13.2 Å². The first-order chi connectivity index (χ1) is 5.13. The van der Waals surface area contributed by atoms with Gasteiger partial charge in [-0.05, 0) is 22.0 Å². The summed E-state index contributed by atoms with van der Waals surface area (Å²) >= 11 is 2.73. The Kier molecular flexibility index (Phi) is 2.54. The zero-order valence-electron chi connectivity index (χ0n) is 5.32. The van der Waals surface area contributed by atoms with E-state index in [4.69, 9.17) is 0 Å². The number of halogens is 4. The van der Waals surface area contributed by atoms with E-state index in [1.807, 2.05) is 0 Å². The fraction of sp³-hybridized carbons (Fsp3) is 0.143. The molecule has 0 atom stereocenters. The van der Waals surface area contributed by atoms with Crippen LogP contribution >= 0.6 is 15.9 Å². The molecule has 0 saturated heterocycles. The first kappa shape index (κ1) is 8.59. The molecule has 0 amide bonds. The highest BCUT2D eigenvalue weighted by Crippen LogP contribution is 2.28. The monoisotopic (exact) mass is 224 g/mol. The van der Waals surface area contributed by atoms with Crippen LogP contribution in [-0.4, -0.2) is 0 Å². The molecule has 0 aromatic heterocycles. The van der Waals surface area contributed by atoms with Gasteiger partial charge in [0.15, 0.2) is 0 Å². The Balaban J connectivity index is 3.17. The van der Waals surface area contributed by atoms with Crippen LogP contribution in [0.25, 0.3) is 0 Å². The zero-order chi connectivity index (χ0) is 8.43. The van der Waals surface area contributed by atoms with Crippen LogP contribution in [0.2, 0.25) is 0 Å². The fourth-order valence-corrected chi connectivity index (χ4v) is 1.13.